The molecule has 1 aromatic carbocycles. The number of methoxy groups -OCH3 is 3. The summed E-state index contributed by atoms with van der Waals surface area (Å²) in [5.74, 6) is -6.61. The number of fused-ring (bicyclic) bond motifs is 3. The van der Waals surface area contributed by atoms with Gasteiger partial charge in [0.2, 0.25) is 5.79 Å². The predicted octanol–water partition coefficient (Wildman–Crippen LogP) is 13.0. The Balaban J connectivity index is 1.63. The first-order chi connectivity index (χ1) is 38.4. The number of ether oxygens (including phenoxy) is 5. The average Bonchev–Trinajstić information content (AvgIpc) is 3.59. The lowest BCUT2D eigenvalue weighted by Gasteiger charge is -2.50. The monoisotopic (exact) mass is 1180 g/mol. The molecule has 2 N–H and O–H groups in total. The van der Waals surface area contributed by atoms with Crippen molar-refractivity contribution < 1.29 is 61.9 Å². The van der Waals surface area contributed by atoms with E-state index in [9.17, 15) is 24.6 Å². The quantitative estimate of drug-likeness (QED) is 0.0653. The van der Waals surface area contributed by atoms with E-state index in [2.05, 4.69) is 107 Å². The Bertz CT molecular complexity index is 2330. The van der Waals surface area contributed by atoms with Gasteiger partial charge in [-0.1, -0.05) is 123 Å². The average molecular weight is 1180 g/mol. The third-order valence-electron chi connectivity index (χ3n) is 20.3. The summed E-state index contributed by atoms with van der Waals surface area (Å²) in [7, 11) is 0.0894. The Morgan fingerprint density at radius 1 is 0.854 bits per heavy atom. The number of esters is 1. The van der Waals surface area contributed by atoms with E-state index in [1.165, 1.54) is 4.90 Å². The van der Waals surface area contributed by atoms with Crippen LogP contribution in [0.15, 0.2) is 41.5 Å². The van der Waals surface area contributed by atoms with Crippen LogP contribution in [0.5, 0.6) is 0 Å². The molecule has 16 heteroatoms. The molecule has 3 heterocycles. The van der Waals surface area contributed by atoms with Gasteiger partial charge >= 0.3 is 5.97 Å². The zero-order valence-corrected chi connectivity index (χ0v) is 56.2. The number of piperidine rings is 1. The highest BCUT2D eigenvalue weighted by Crippen LogP contribution is 2.47. The summed E-state index contributed by atoms with van der Waals surface area (Å²) in [4.78, 5) is 61.1. The first kappa shape index (κ1) is 69.9. The lowest BCUT2D eigenvalue weighted by molar-refractivity contribution is -0.302. The highest BCUT2D eigenvalue weighted by molar-refractivity contribution is 6.74. The summed E-state index contributed by atoms with van der Waals surface area (Å²) in [6, 6.07) is 8.02. The van der Waals surface area contributed by atoms with Crippen LogP contribution in [-0.2, 0) is 51.7 Å². The van der Waals surface area contributed by atoms with Crippen LogP contribution in [-0.4, -0.2) is 137 Å². The lowest BCUT2D eigenvalue weighted by Crippen LogP contribution is -2.64. The second-order valence-corrected chi connectivity index (χ2v) is 36.8. The summed E-state index contributed by atoms with van der Waals surface area (Å²) in [5, 5.41) is 24.0. The molecule has 0 spiro atoms. The van der Waals surface area contributed by atoms with Crippen LogP contribution in [0, 0.1) is 43.4 Å². The van der Waals surface area contributed by atoms with Crippen molar-refractivity contribution in [1.82, 2.24) is 4.90 Å². The molecule has 2 saturated heterocycles. The maximum atomic E-state index is 15.5. The Morgan fingerprint density at radius 3 is 2.05 bits per heavy atom. The summed E-state index contributed by atoms with van der Waals surface area (Å²) >= 11 is 0. The van der Waals surface area contributed by atoms with Crippen LogP contribution in [0.25, 0.3) is 0 Å². The van der Waals surface area contributed by atoms with E-state index in [4.69, 9.17) is 32.5 Å². The molecule has 15 atom stereocenters. The first-order valence-electron chi connectivity index (χ1n) is 31.4. The van der Waals surface area contributed by atoms with Crippen molar-refractivity contribution in [2.24, 2.45) is 29.6 Å². The molecule has 4 aliphatic rings. The molecule has 3 fully saturated rings. The standard InChI is InChI=1S/C66H111NO13Si2/c1-20-49-28-31-67-53(39-49)63(72)77-59(46(9)37-50-26-29-65(58(40-50)76-17,80-82(21-2,22-3)23-4)30-27-54(69)51-34-43(6)33-44(7)35-51)48(11)55(79-81(18,19)64(12,13)14)41-52(68)25-24-42(5)32-45(8)36-56(74-15)60-57(75-16)38-47(10)66(73,78-60)61(70)62(67)71/h24,33-35,37,45,47-50,53-60,69,73H,20-23,25-32,36,38-41H2,1-19H3. The molecule has 2 bridgehead atoms. The van der Waals surface area contributed by atoms with Crippen LogP contribution < -0.4 is 0 Å². The molecule has 1 aliphatic carbocycles. The van der Waals surface area contributed by atoms with Gasteiger partial charge in [-0.2, -0.15) is 0 Å². The maximum Gasteiger partial charge on any atom is 0.329 e. The van der Waals surface area contributed by atoms with Gasteiger partial charge in [-0.15, -0.1) is 0 Å². The molecule has 14 nitrogen and oxygen atoms in total. The third kappa shape index (κ3) is 16.8. The van der Waals surface area contributed by atoms with E-state index in [1.54, 1.807) is 28.3 Å². The van der Waals surface area contributed by atoms with Gasteiger partial charge in [-0.25, -0.2) is 4.79 Å². The summed E-state index contributed by atoms with van der Waals surface area (Å²) in [5.41, 5.74) is 4.32. The molecule has 466 valence electrons. The molecule has 1 amide bonds. The minimum absolute atomic E-state index is 0.00954. The number of aliphatic hydroxyl groups is 2. The van der Waals surface area contributed by atoms with E-state index in [0.29, 0.717) is 44.9 Å². The number of cyclic esters (lactones) is 1. The van der Waals surface area contributed by atoms with Crippen LogP contribution >= 0.6 is 0 Å². The molecule has 1 saturated carbocycles. The molecule has 0 aromatic heterocycles. The first-order valence-corrected chi connectivity index (χ1v) is 36.9. The van der Waals surface area contributed by atoms with Gasteiger partial charge in [0.15, 0.2) is 16.6 Å². The topological polar surface area (TPSA) is 177 Å². The van der Waals surface area contributed by atoms with E-state index < -0.39 is 100 Å². The number of hydrogen-bond acceptors (Lipinski definition) is 13. The highest BCUT2D eigenvalue weighted by atomic mass is 28.4. The maximum absolute atomic E-state index is 15.5. The molecule has 0 radical (unpaired) electrons. The number of ketones is 2. The predicted molar refractivity (Wildman–Crippen MR) is 329 cm³/mol. The summed E-state index contributed by atoms with van der Waals surface area (Å²) < 4.78 is 46.8. The normalized spacial score (nSPS) is 33.5. The van der Waals surface area contributed by atoms with Gasteiger partial charge in [0, 0.05) is 52.6 Å². The second kappa shape index (κ2) is 29.7. The number of carbonyl (C=O) groups is 4. The van der Waals surface area contributed by atoms with Crippen molar-refractivity contribution in [3.05, 3.63) is 58.2 Å². The highest BCUT2D eigenvalue weighted by Gasteiger charge is 2.57. The van der Waals surface area contributed by atoms with Gasteiger partial charge in [0.1, 0.15) is 24.0 Å². The van der Waals surface area contributed by atoms with Gasteiger partial charge in [0.25, 0.3) is 11.7 Å². The Kier molecular flexibility index (Phi) is 25.3. The largest absolute Gasteiger partial charge is 0.456 e. The number of rotatable bonds is 17. The van der Waals surface area contributed by atoms with Crippen LogP contribution in [0.2, 0.25) is 36.3 Å². The van der Waals surface area contributed by atoms with Crippen molar-refractivity contribution >= 4 is 40.1 Å². The third-order valence-corrected chi connectivity index (χ3v) is 29.5. The van der Waals surface area contributed by atoms with E-state index in [0.717, 1.165) is 58.8 Å². The van der Waals surface area contributed by atoms with E-state index >= 15 is 4.79 Å². The van der Waals surface area contributed by atoms with Crippen LogP contribution in [0.1, 0.15) is 189 Å². The van der Waals surface area contributed by atoms with Gasteiger partial charge < -0.3 is 47.6 Å². The number of aliphatic hydroxyl groups excluding tert-OH is 1. The van der Waals surface area contributed by atoms with Crippen molar-refractivity contribution in [1.29, 1.82) is 0 Å². The molecule has 1 aromatic rings. The number of nitrogens with zero attached hydrogens (tertiary/aromatic N) is 1. The molecular formula is C66H111NO13Si2. The summed E-state index contributed by atoms with van der Waals surface area (Å²) in [6.45, 7) is 33.7. The fourth-order valence-corrected chi connectivity index (χ4v) is 18.3. The zero-order chi connectivity index (χ0) is 61.3. The molecule has 15 unspecified atom stereocenters. The Hall–Kier alpha value is -2.91. The van der Waals surface area contributed by atoms with Crippen LogP contribution in [0.3, 0.4) is 0 Å². The number of aryl methyl sites for hydroxylation is 2. The number of benzene rings is 1. The zero-order valence-electron chi connectivity index (χ0n) is 54.2. The molecule has 82 heavy (non-hydrogen) atoms. The SMILES string of the molecule is CCC1CCN2C(=O)C(=O)C3(O)OC(C(OC)CC(C)CC(C)=CCC(=O)CC(O[Si](C)(C)C(C)(C)C)C(C)C(C(C)=CC4CCC(CCC(O)c5cc(C)cc(C)c5)(O[Si](CC)(CC)CC)C(OC)C4)OC(=O)C2C1)C(OC)CC3C. The van der Waals surface area contributed by atoms with Crippen molar-refractivity contribution in [2.75, 3.05) is 27.9 Å². The van der Waals surface area contributed by atoms with E-state index in [-0.39, 0.29) is 66.9 Å². The van der Waals surface area contributed by atoms with Crippen molar-refractivity contribution in [2.45, 2.75) is 277 Å². The smallest absolute Gasteiger partial charge is 0.329 e. The van der Waals surface area contributed by atoms with Gasteiger partial charge in [-0.3, -0.25) is 14.4 Å². The number of allylic oxidation sites excluding steroid dienone is 3. The van der Waals surface area contributed by atoms with Gasteiger partial charge in [-0.05, 0) is 157 Å². The molecular weight excluding hydrogens is 1070 g/mol. The second-order valence-electron chi connectivity index (χ2n) is 27.3. The van der Waals surface area contributed by atoms with Crippen molar-refractivity contribution in [3.8, 4) is 0 Å². The number of Topliss-reactive ketones (excluding diaryl/α,β-unsaturated/α-hetero) is 2. The van der Waals surface area contributed by atoms with Crippen molar-refractivity contribution in [3.63, 3.8) is 0 Å². The Labute approximate surface area is 497 Å². The Morgan fingerprint density at radius 2 is 1.48 bits per heavy atom. The molecule has 5 rings (SSSR count). The number of hydrogen-bond donors (Lipinski definition) is 2. The van der Waals surface area contributed by atoms with Crippen LogP contribution in [0.4, 0.5) is 0 Å². The van der Waals surface area contributed by atoms with E-state index in [1.807, 2.05) is 26.8 Å². The lowest BCUT2D eigenvalue weighted by atomic mass is 9.73. The number of carbonyl (C=O) groups excluding carboxylic acids is 4. The summed E-state index contributed by atoms with van der Waals surface area (Å²) in [6.07, 6.45) is 6.05. The molecule has 3 aliphatic heterocycles. The fourth-order valence-electron chi connectivity index (χ4n) is 13.7. The van der Waals surface area contributed by atoms with Gasteiger partial charge in [0.05, 0.1) is 36.1 Å². The minimum Gasteiger partial charge on any atom is -0.456 e. The fraction of sp³-hybridized carbons (Fsp3) is 0.788. The minimum atomic E-state index is -2.58. The number of amides is 1.